The molecule has 29 heavy (non-hydrogen) atoms. The van der Waals surface area contributed by atoms with E-state index in [1.54, 1.807) is 17.4 Å². The third-order valence-electron chi connectivity index (χ3n) is 4.92. The third kappa shape index (κ3) is 4.48. The molecular formula is C21H25N5O2S. The maximum Gasteiger partial charge on any atom is 0.271 e. The Morgan fingerprint density at radius 2 is 2.07 bits per heavy atom. The van der Waals surface area contributed by atoms with Crippen molar-refractivity contribution in [2.45, 2.75) is 52.2 Å². The van der Waals surface area contributed by atoms with E-state index < -0.39 is 0 Å². The predicted molar refractivity (Wildman–Crippen MR) is 113 cm³/mol. The van der Waals surface area contributed by atoms with Crippen molar-refractivity contribution in [2.75, 3.05) is 6.54 Å². The number of carbonyl (C=O) groups excluding carboxylic acids is 2. The van der Waals surface area contributed by atoms with E-state index in [0.29, 0.717) is 31.7 Å². The molecule has 0 radical (unpaired) electrons. The van der Waals surface area contributed by atoms with Crippen molar-refractivity contribution in [3.63, 3.8) is 0 Å². The van der Waals surface area contributed by atoms with E-state index in [4.69, 9.17) is 0 Å². The van der Waals surface area contributed by atoms with Crippen molar-refractivity contribution < 1.29 is 9.59 Å². The van der Waals surface area contributed by atoms with Gasteiger partial charge in [-0.05, 0) is 44.9 Å². The van der Waals surface area contributed by atoms with Crippen LogP contribution in [0, 0.1) is 0 Å². The number of benzene rings is 1. The summed E-state index contributed by atoms with van der Waals surface area (Å²) < 4.78 is 3.02. The molecular weight excluding hydrogens is 386 g/mol. The Bertz CT molecular complexity index is 1010. The van der Waals surface area contributed by atoms with Crippen LogP contribution in [0.5, 0.6) is 0 Å². The van der Waals surface area contributed by atoms with Gasteiger partial charge < -0.3 is 10.2 Å². The summed E-state index contributed by atoms with van der Waals surface area (Å²) in [5.74, 6) is -0.0256. The molecule has 0 atom stereocenters. The van der Waals surface area contributed by atoms with Crippen LogP contribution in [-0.4, -0.2) is 44.1 Å². The summed E-state index contributed by atoms with van der Waals surface area (Å²) in [6.07, 6.45) is 2.11. The first-order valence-corrected chi connectivity index (χ1v) is 10.8. The number of amides is 2. The fourth-order valence-corrected chi connectivity index (χ4v) is 4.51. The van der Waals surface area contributed by atoms with Crippen LogP contribution in [0.15, 0.2) is 30.3 Å². The number of nitrogens with one attached hydrogen (secondary N) is 1. The van der Waals surface area contributed by atoms with Gasteiger partial charge in [0.15, 0.2) is 5.69 Å². The van der Waals surface area contributed by atoms with Crippen LogP contribution in [0.1, 0.15) is 47.9 Å². The van der Waals surface area contributed by atoms with Gasteiger partial charge in [-0.3, -0.25) is 14.3 Å². The largest absolute Gasteiger partial charge is 0.348 e. The van der Waals surface area contributed by atoms with Crippen LogP contribution in [0.3, 0.4) is 0 Å². The molecule has 2 amide bonds. The lowest BCUT2D eigenvalue weighted by atomic mass is 10.2. The second-order valence-corrected chi connectivity index (χ2v) is 8.73. The van der Waals surface area contributed by atoms with Crippen LogP contribution in [0.25, 0.3) is 10.2 Å². The maximum absolute atomic E-state index is 12.7. The fraction of sp³-hybridized carbons (Fsp3) is 0.429. The normalized spacial score (nSPS) is 13.7. The van der Waals surface area contributed by atoms with Crippen molar-refractivity contribution in [2.24, 2.45) is 0 Å². The molecule has 7 nitrogen and oxygen atoms in total. The summed E-state index contributed by atoms with van der Waals surface area (Å²) in [5, 5.41) is 8.31. The Morgan fingerprint density at radius 3 is 2.86 bits per heavy atom. The minimum Gasteiger partial charge on any atom is -0.348 e. The molecule has 1 N–H and O–H groups in total. The topological polar surface area (TPSA) is 80.1 Å². The van der Waals surface area contributed by atoms with Gasteiger partial charge in [-0.2, -0.15) is 5.10 Å². The number of rotatable bonds is 6. The molecule has 0 saturated heterocycles. The quantitative estimate of drug-likeness (QED) is 0.676. The fourth-order valence-electron chi connectivity index (χ4n) is 3.50. The first-order valence-electron chi connectivity index (χ1n) is 9.99. The lowest BCUT2D eigenvalue weighted by Gasteiger charge is -2.27. The molecule has 0 saturated carbocycles. The number of nitrogens with zero attached hydrogens (tertiary/aromatic N) is 4. The highest BCUT2D eigenvalue weighted by Gasteiger charge is 2.24. The number of aryl methyl sites for hydroxylation is 1. The van der Waals surface area contributed by atoms with E-state index in [-0.39, 0.29) is 17.9 Å². The van der Waals surface area contributed by atoms with Gasteiger partial charge in [-0.25, -0.2) is 4.98 Å². The first-order chi connectivity index (χ1) is 14.0. The highest BCUT2D eigenvalue weighted by molar-refractivity contribution is 7.18. The number of hydrogen-bond donors (Lipinski definition) is 1. The number of hydrogen-bond acceptors (Lipinski definition) is 5. The number of carbonyl (C=O) groups is 2. The van der Waals surface area contributed by atoms with Gasteiger partial charge in [0.25, 0.3) is 5.91 Å². The molecule has 3 aromatic rings. The average Bonchev–Trinajstić information content (AvgIpc) is 3.30. The molecule has 1 aliphatic rings. The molecule has 0 fully saturated rings. The molecule has 0 spiro atoms. The van der Waals surface area contributed by atoms with E-state index in [1.807, 2.05) is 41.6 Å². The zero-order valence-electron chi connectivity index (χ0n) is 16.7. The van der Waals surface area contributed by atoms with E-state index in [2.05, 4.69) is 21.5 Å². The molecule has 152 valence electrons. The second kappa shape index (κ2) is 8.32. The summed E-state index contributed by atoms with van der Waals surface area (Å²) in [6, 6.07) is 9.97. The van der Waals surface area contributed by atoms with Crippen molar-refractivity contribution in [3.05, 3.63) is 46.7 Å². The van der Waals surface area contributed by atoms with Crippen molar-refractivity contribution in [1.82, 2.24) is 25.0 Å². The van der Waals surface area contributed by atoms with Crippen molar-refractivity contribution in [1.29, 1.82) is 0 Å². The zero-order chi connectivity index (χ0) is 20.4. The van der Waals surface area contributed by atoms with Gasteiger partial charge in [0.05, 0.1) is 34.0 Å². The molecule has 8 heteroatoms. The molecule has 3 heterocycles. The van der Waals surface area contributed by atoms with Gasteiger partial charge in [0, 0.05) is 19.0 Å². The van der Waals surface area contributed by atoms with Gasteiger partial charge >= 0.3 is 0 Å². The smallest absolute Gasteiger partial charge is 0.271 e. The van der Waals surface area contributed by atoms with Crippen LogP contribution in [-0.2, 0) is 24.3 Å². The van der Waals surface area contributed by atoms with Crippen LogP contribution in [0.4, 0.5) is 0 Å². The molecule has 0 bridgehead atoms. The lowest BCUT2D eigenvalue weighted by molar-refractivity contribution is -0.132. The van der Waals surface area contributed by atoms with Crippen LogP contribution >= 0.6 is 11.3 Å². The summed E-state index contributed by atoms with van der Waals surface area (Å²) in [7, 11) is 0. The highest BCUT2D eigenvalue weighted by atomic mass is 32.1. The maximum atomic E-state index is 12.7. The molecule has 0 aliphatic carbocycles. The van der Waals surface area contributed by atoms with Crippen LogP contribution in [0.2, 0.25) is 0 Å². The number of thiazole rings is 1. The van der Waals surface area contributed by atoms with E-state index in [0.717, 1.165) is 29.1 Å². The second-order valence-electron chi connectivity index (χ2n) is 7.62. The summed E-state index contributed by atoms with van der Waals surface area (Å²) in [4.78, 5) is 31.3. The SMILES string of the molecule is CC(C)NC(=O)c1cc2n(n1)CCN(C(=O)CCCc1nc3ccccc3s1)C2. The number of para-hydroxylation sites is 1. The van der Waals surface area contributed by atoms with Crippen LogP contribution < -0.4 is 5.32 Å². The number of fused-ring (bicyclic) bond motifs is 2. The standard InChI is InChI=1S/C21H25N5O2S/c1-14(2)22-21(28)17-12-15-13-25(10-11-26(15)24-17)20(27)9-5-8-19-23-16-6-3-4-7-18(16)29-19/h3-4,6-7,12,14H,5,8-11,13H2,1-2H3,(H,22,28). The summed E-state index contributed by atoms with van der Waals surface area (Å²) >= 11 is 1.70. The zero-order valence-corrected chi connectivity index (χ0v) is 17.5. The monoisotopic (exact) mass is 411 g/mol. The predicted octanol–water partition coefficient (Wildman–Crippen LogP) is 3.00. The first kappa shape index (κ1) is 19.6. The molecule has 0 unspecified atom stereocenters. The van der Waals surface area contributed by atoms with Crippen molar-refractivity contribution in [3.8, 4) is 0 Å². The van der Waals surface area contributed by atoms with E-state index in [1.165, 1.54) is 4.70 Å². The minimum absolute atomic E-state index is 0.0646. The number of aromatic nitrogens is 3. The molecule has 4 rings (SSSR count). The molecule has 2 aromatic heterocycles. The molecule has 1 aliphatic heterocycles. The average molecular weight is 412 g/mol. The Balaban J connectivity index is 1.31. The third-order valence-corrected chi connectivity index (χ3v) is 6.02. The van der Waals surface area contributed by atoms with E-state index in [9.17, 15) is 9.59 Å². The highest BCUT2D eigenvalue weighted by Crippen LogP contribution is 2.23. The van der Waals surface area contributed by atoms with Gasteiger partial charge in [0.1, 0.15) is 0 Å². The van der Waals surface area contributed by atoms with Gasteiger partial charge in [-0.1, -0.05) is 12.1 Å². The van der Waals surface area contributed by atoms with Gasteiger partial charge in [-0.15, -0.1) is 11.3 Å². The van der Waals surface area contributed by atoms with Crippen molar-refractivity contribution >= 4 is 33.4 Å². The summed E-state index contributed by atoms with van der Waals surface area (Å²) in [5.41, 5.74) is 2.35. The Hall–Kier alpha value is -2.74. The van der Waals surface area contributed by atoms with E-state index >= 15 is 0 Å². The Morgan fingerprint density at radius 1 is 1.24 bits per heavy atom. The Kier molecular flexibility index (Phi) is 5.62. The molecule has 1 aromatic carbocycles. The van der Waals surface area contributed by atoms with Gasteiger partial charge in [0.2, 0.25) is 5.91 Å². The Labute approximate surface area is 173 Å². The summed E-state index contributed by atoms with van der Waals surface area (Å²) in [6.45, 7) is 5.58. The lowest BCUT2D eigenvalue weighted by Crippen LogP contribution is -2.38. The minimum atomic E-state index is -0.171.